The predicted octanol–water partition coefficient (Wildman–Crippen LogP) is 3.22. The Morgan fingerprint density at radius 3 is 2.22 bits per heavy atom. The van der Waals surface area contributed by atoms with Crippen LogP contribution in [-0.4, -0.2) is 66.5 Å². The Balaban J connectivity index is 1.29. The van der Waals surface area contributed by atoms with Gasteiger partial charge in [0.2, 0.25) is 12.7 Å². The third-order valence-corrected chi connectivity index (χ3v) is 7.24. The number of carbonyl (C=O) groups is 3. The van der Waals surface area contributed by atoms with Crippen LogP contribution >= 0.6 is 0 Å². The standard InChI is InChI=1S/C27H30FN3O5/c28-21-7-4-19(5-8-21)26(33)31-14-10-18(11-15-31)24(27(34)30-12-2-1-3-13-30)29-25(32)20-6-9-22-23(16-20)36-17-35-22/h4-9,16,18,24H,1-3,10-15,17H2,(H,29,32)/t24-/m0/s1. The summed E-state index contributed by atoms with van der Waals surface area (Å²) < 4.78 is 24.0. The van der Waals surface area contributed by atoms with Crippen molar-refractivity contribution in [3.63, 3.8) is 0 Å². The lowest BCUT2D eigenvalue weighted by atomic mass is 9.87. The van der Waals surface area contributed by atoms with Gasteiger partial charge in [0.15, 0.2) is 11.5 Å². The molecule has 2 saturated heterocycles. The van der Waals surface area contributed by atoms with Crippen molar-refractivity contribution < 1.29 is 28.2 Å². The van der Waals surface area contributed by atoms with Gasteiger partial charge >= 0.3 is 0 Å². The molecule has 5 rings (SSSR count). The van der Waals surface area contributed by atoms with Gasteiger partial charge in [-0.25, -0.2) is 4.39 Å². The lowest BCUT2D eigenvalue weighted by Gasteiger charge is -2.38. The van der Waals surface area contributed by atoms with Crippen molar-refractivity contribution in [1.82, 2.24) is 15.1 Å². The Morgan fingerprint density at radius 2 is 1.50 bits per heavy atom. The molecule has 3 aliphatic heterocycles. The number of piperidine rings is 2. The van der Waals surface area contributed by atoms with Gasteiger partial charge in [0.1, 0.15) is 11.9 Å². The highest BCUT2D eigenvalue weighted by atomic mass is 19.1. The van der Waals surface area contributed by atoms with E-state index in [0.717, 1.165) is 19.3 Å². The Morgan fingerprint density at radius 1 is 0.833 bits per heavy atom. The Kier molecular flexibility index (Phi) is 7.06. The second-order valence-electron chi connectivity index (χ2n) is 9.54. The van der Waals surface area contributed by atoms with Crippen LogP contribution in [0.4, 0.5) is 4.39 Å². The van der Waals surface area contributed by atoms with Gasteiger partial charge < -0.3 is 24.6 Å². The minimum absolute atomic E-state index is 0.0629. The van der Waals surface area contributed by atoms with Crippen LogP contribution in [0, 0.1) is 11.7 Å². The van der Waals surface area contributed by atoms with Crippen molar-refractivity contribution in [3.05, 3.63) is 59.4 Å². The summed E-state index contributed by atoms with van der Waals surface area (Å²) in [5, 5.41) is 3.00. The average Bonchev–Trinajstić information content (AvgIpc) is 3.40. The van der Waals surface area contributed by atoms with E-state index < -0.39 is 6.04 Å². The minimum Gasteiger partial charge on any atom is -0.454 e. The molecular formula is C27H30FN3O5. The number of benzene rings is 2. The van der Waals surface area contributed by atoms with E-state index in [1.807, 2.05) is 4.90 Å². The Labute approximate surface area is 209 Å². The highest BCUT2D eigenvalue weighted by molar-refractivity contribution is 5.98. The molecule has 2 aromatic rings. The van der Waals surface area contributed by atoms with E-state index in [-0.39, 0.29) is 36.2 Å². The van der Waals surface area contributed by atoms with E-state index in [4.69, 9.17) is 9.47 Å². The van der Waals surface area contributed by atoms with E-state index in [1.54, 1.807) is 23.1 Å². The quantitative estimate of drug-likeness (QED) is 0.688. The molecule has 0 saturated carbocycles. The maximum atomic E-state index is 13.6. The van der Waals surface area contributed by atoms with E-state index in [0.29, 0.717) is 61.6 Å². The fourth-order valence-electron chi connectivity index (χ4n) is 5.17. The number of fused-ring (bicyclic) bond motifs is 1. The van der Waals surface area contributed by atoms with Crippen LogP contribution in [0.1, 0.15) is 52.8 Å². The molecule has 3 aliphatic rings. The molecule has 1 N–H and O–H groups in total. The van der Waals surface area contributed by atoms with E-state index >= 15 is 0 Å². The first-order valence-electron chi connectivity index (χ1n) is 12.5. The van der Waals surface area contributed by atoms with E-state index in [1.165, 1.54) is 24.3 Å². The molecule has 0 radical (unpaired) electrons. The molecule has 9 heteroatoms. The molecule has 2 aromatic carbocycles. The van der Waals surface area contributed by atoms with Crippen LogP contribution in [0.3, 0.4) is 0 Å². The molecule has 190 valence electrons. The van der Waals surface area contributed by atoms with Crippen molar-refractivity contribution in [2.75, 3.05) is 33.0 Å². The zero-order valence-electron chi connectivity index (χ0n) is 20.1. The third-order valence-electron chi connectivity index (χ3n) is 7.24. The van der Waals surface area contributed by atoms with Crippen LogP contribution in [0.5, 0.6) is 11.5 Å². The van der Waals surface area contributed by atoms with Gasteiger partial charge in [0.25, 0.3) is 11.8 Å². The lowest BCUT2D eigenvalue weighted by molar-refractivity contribution is -0.136. The zero-order chi connectivity index (χ0) is 25.1. The van der Waals surface area contributed by atoms with Gasteiger partial charge in [-0.1, -0.05) is 0 Å². The first-order valence-corrected chi connectivity index (χ1v) is 12.5. The van der Waals surface area contributed by atoms with Gasteiger partial charge in [-0.05, 0) is 80.5 Å². The molecule has 0 spiro atoms. The topological polar surface area (TPSA) is 88.2 Å². The molecule has 2 fully saturated rings. The summed E-state index contributed by atoms with van der Waals surface area (Å²) in [5.41, 5.74) is 0.839. The normalized spacial score (nSPS) is 18.6. The number of nitrogens with zero attached hydrogens (tertiary/aromatic N) is 2. The van der Waals surface area contributed by atoms with E-state index in [9.17, 15) is 18.8 Å². The highest BCUT2D eigenvalue weighted by Crippen LogP contribution is 2.33. The maximum absolute atomic E-state index is 13.6. The van der Waals surface area contributed by atoms with Gasteiger partial charge in [0, 0.05) is 37.3 Å². The fourth-order valence-corrected chi connectivity index (χ4v) is 5.17. The molecule has 0 bridgehead atoms. The van der Waals surface area contributed by atoms with Crippen LogP contribution in [0.2, 0.25) is 0 Å². The molecule has 36 heavy (non-hydrogen) atoms. The number of likely N-dealkylation sites (tertiary alicyclic amines) is 2. The van der Waals surface area contributed by atoms with Gasteiger partial charge in [0.05, 0.1) is 0 Å². The fraction of sp³-hybridized carbons (Fsp3) is 0.444. The number of carbonyl (C=O) groups excluding carboxylic acids is 3. The Hall–Kier alpha value is -3.62. The summed E-state index contributed by atoms with van der Waals surface area (Å²) >= 11 is 0. The van der Waals surface area contributed by atoms with Crippen LogP contribution in [0.15, 0.2) is 42.5 Å². The first-order chi connectivity index (χ1) is 17.5. The van der Waals surface area contributed by atoms with Crippen molar-refractivity contribution in [3.8, 4) is 11.5 Å². The molecule has 0 aromatic heterocycles. The van der Waals surface area contributed by atoms with Crippen molar-refractivity contribution in [1.29, 1.82) is 0 Å². The number of nitrogens with one attached hydrogen (secondary N) is 1. The van der Waals surface area contributed by atoms with Crippen molar-refractivity contribution in [2.24, 2.45) is 5.92 Å². The lowest BCUT2D eigenvalue weighted by Crippen LogP contribution is -2.55. The summed E-state index contributed by atoms with van der Waals surface area (Å²) in [4.78, 5) is 43.2. The van der Waals surface area contributed by atoms with E-state index in [2.05, 4.69) is 5.32 Å². The first kappa shape index (κ1) is 24.1. The minimum atomic E-state index is -0.677. The molecule has 3 heterocycles. The number of hydrogen-bond donors (Lipinski definition) is 1. The second kappa shape index (κ2) is 10.6. The molecular weight excluding hydrogens is 465 g/mol. The summed E-state index contributed by atoms with van der Waals surface area (Å²) in [6.45, 7) is 2.43. The summed E-state index contributed by atoms with van der Waals surface area (Å²) in [6, 6.07) is 9.83. The Bertz CT molecular complexity index is 1120. The highest BCUT2D eigenvalue weighted by Gasteiger charge is 2.37. The molecule has 8 nitrogen and oxygen atoms in total. The second-order valence-corrected chi connectivity index (χ2v) is 9.54. The third kappa shape index (κ3) is 5.15. The molecule has 3 amide bonds. The predicted molar refractivity (Wildman–Crippen MR) is 129 cm³/mol. The molecule has 1 atom stereocenters. The number of ether oxygens (including phenoxy) is 2. The molecule has 0 aliphatic carbocycles. The SMILES string of the molecule is O=C(N[C@H](C(=O)N1CCCCC1)C1CCN(C(=O)c2ccc(F)cc2)CC1)c1ccc2c(c1)OCO2. The number of hydrogen-bond acceptors (Lipinski definition) is 5. The zero-order valence-corrected chi connectivity index (χ0v) is 20.1. The van der Waals surface area contributed by atoms with Crippen molar-refractivity contribution in [2.45, 2.75) is 38.1 Å². The average molecular weight is 496 g/mol. The number of halogens is 1. The number of amides is 3. The smallest absolute Gasteiger partial charge is 0.253 e. The number of rotatable bonds is 5. The summed E-state index contributed by atoms with van der Waals surface area (Å²) in [5.74, 6) is 0.0503. The largest absolute Gasteiger partial charge is 0.454 e. The summed E-state index contributed by atoms with van der Waals surface area (Å²) in [7, 11) is 0. The van der Waals surface area contributed by atoms with Gasteiger partial charge in [-0.2, -0.15) is 0 Å². The van der Waals surface area contributed by atoms with Crippen LogP contribution < -0.4 is 14.8 Å². The van der Waals surface area contributed by atoms with Gasteiger partial charge in [-0.15, -0.1) is 0 Å². The maximum Gasteiger partial charge on any atom is 0.253 e. The molecule has 0 unspecified atom stereocenters. The van der Waals surface area contributed by atoms with Gasteiger partial charge in [-0.3, -0.25) is 14.4 Å². The van der Waals surface area contributed by atoms with Crippen LogP contribution in [-0.2, 0) is 4.79 Å². The summed E-state index contributed by atoms with van der Waals surface area (Å²) in [6.07, 6.45) is 4.18. The van der Waals surface area contributed by atoms with Crippen LogP contribution in [0.25, 0.3) is 0 Å². The van der Waals surface area contributed by atoms with Crippen molar-refractivity contribution >= 4 is 17.7 Å². The monoisotopic (exact) mass is 495 g/mol.